The number of aromatic hydroxyl groups is 1. The van der Waals surface area contributed by atoms with Crippen LogP contribution in [0.5, 0.6) is 11.5 Å². The molecule has 0 fully saturated rings. The number of nitrogens with one attached hydrogen (secondary N) is 2. The number of phenols is 1. The van der Waals surface area contributed by atoms with E-state index in [4.69, 9.17) is 4.74 Å². The van der Waals surface area contributed by atoms with Gasteiger partial charge in [-0.25, -0.2) is 5.43 Å². The van der Waals surface area contributed by atoms with E-state index < -0.39 is 0 Å². The Kier molecular flexibility index (Phi) is 9.51. The first-order chi connectivity index (χ1) is 14.7. The number of benzene rings is 2. The molecule has 3 rings (SSSR count). The van der Waals surface area contributed by atoms with Crippen molar-refractivity contribution in [1.82, 2.24) is 5.43 Å². The average molecular weight is 485 g/mol. The number of carbonyl (C=O) groups is 1. The second-order valence-electron chi connectivity index (χ2n) is 6.54. The van der Waals surface area contributed by atoms with E-state index in [1.54, 1.807) is 29.9 Å². The quantitative estimate of drug-likeness (QED) is 0.221. The highest BCUT2D eigenvalue weighted by Crippen LogP contribution is 2.23. The number of nitrogens with zero attached hydrogens (tertiary/aromatic N) is 2. The number of anilines is 1. The van der Waals surface area contributed by atoms with Gasteiger partial charge in [-0.2, -0.15) is 9.67 Å². The third-order valence-corrected chi connectivity index (χ3v) is 4.42. The third kappa shape index (κ3) is 7.11. The van der Waals surface area contributed by atoms with Crippen LogP contribution in [0.3, 0.4) is 0 Å². The van der Waals surface area contributed by atoms with Gasteiger partial charge in [0.2, 0.25) is 6.54 Å². The first-order valence-electron chi connectivity index (χ1n) is 9.62. The first kappa shape index (κ1) is 23.9. The van der Waals surface area contributed by atoms with Crippen molar-refractivity contribution in [1.29, 1.82) is 0 Å². The molecular formula is C23H25BrN4O3. The van der Waals surface area contributed by atoms with Gasteiger partial charge < -0.3 is 32.1 Å². The Hall–Kier alpha value is -3.39. The highest BCUT2D eigenvalue weighted by Gasteiger charge is 2.12. The van der Waals surface area contributed by atoms with Gasteiger partial charge in [-0.05, 0) is 24.3 Å². The first-order valence-corrected chi connectivity index (χ1v) is 9.62. The lowest BCUT2D eigenvalue weighted by Crippen LogP contribution is -3.00. The molecule has 1 heterocycles. The maximum Gasteiger partial charge on any atom is 0.305 e. The molecular weight excluding hydrogens is 460 g/mol. The number of aromatic nitrogens is 1. The van der Waals surface area contributed by atoms with E-state index in [0.717, 1.165) is 11.4 Å². The molecule has 0 saturated heterocycles. The summed E-state index contributed by atoms with van der Waals surface area (Å²) in [6.45, 7) is 0.689. The zero-order valence-electron chi connectivity index (χ0n) is 17.2. The number of hydrogen-bond acceptors (Lipinski definition) is 5. The maximum atomic E-state index is 12.3. The lowest BCUT2D eigenvalue weighted by Gasteiger charge is -2.13. The Labute approximate surface area is 192 Å². The summed E-state index contributed by atoms with van der Waals surface area (Å²) in [5.74, 6) is 0.601. The van der Waals surface area contributed by atoms with E-state index >= 15 is 0 Å². The van der Waals surface area contributed by atoms with Crippen molar-refractivity contribution >= 4 is 17.3 Å². The van der Waals surface area contributed by atoms with Crippen LogP contribution < -0.4 is 37.0 Å². The van der Waals surface area contributed by atoms with Crippen LogP contribution in [0.25, 0.3) is 0 Å². The Morgan fingerprint density at radius 3 is 2.48 bits per heavy atom. The van der Waals surface area contributed by atoms with Crippen LogP contribution >= 0.6 is 0 Å². The molecule has 162 valence electrons. The summed E-state index contributed by atoms with van der Waals surface area (Å²) in [6, 6.07) is 20.2. The molecule has 2 aromatic carbocycles. The molecule has 0 saturated carbocycles. The highest BCUT2D eigenvalue weighted by molar-refractivity contribution is 6.03. The summed E-state index contributed by atoms with van der Waals surface area (Å²) in [6.07, 6.45) is 4.10. The Bertz CT molecular complexity index is 1010. The maximum absolute atomic E-state index is 12.3. The van der Waals surface area contributed by atoms with Crippen LogP contribution in [-0.2, 0) is 11.3 Å². The molecule has 3 N–H and O–H groups in total. The summed E-state index contributed by atoms with van der Waals surface area (Å²) in [5, 5.41) is 17.8. The third-order valence-electron chi connectivity index (χ3n) is 4.42. The number of phenolic OH excluding ortho intramolecular Hbond substituents is 1. The number of amides is 1. The van der Waals surface area contributed by atoms with Crippen molar-refractivity contribution < 1.29 is 36.2 Å². The van der Waals surface area contributed by atoms with Crippen molar-refractivity contribution in [2.45, 2.75) is 13.0 Å². The van der Waals surface area contributed by atoms with Crippen molar-refractivity contribution in [3.8, 4) is 11.5 Å². The zero-order chi connectivity index (χ0) is 21.2. The molecule has 1 amide bonds. The van der Waals surface area contributed by atoms with E-state index in [2.05, 4.69) is 15.8 Å². The fourth-order valence-corrected chi connectivity index (χ4v) is 2.95. The topological polar surface area (TPSA) is 86.8 Å². The molecule has 0 aliphatic carbocycles. The van der Waals surface area contributed by atoms with Gasteiger partial charge in [0.1, 0.15) is 11.5 Å². The second kappa shape index (κ2) is 12.3. The number of ether oxygens (including phenoxy) is 1. The number of rotatable bonds is 9. The van der Waals surface area contributed by atoms with E-state index in [9.17, 15) is 9.90 Å². The number of para-hydroxylation sites is 3. The highest BCUT2D eigenvalue weighted by atomic mass is 79.9. The van der Waals surface area contributed by atoms with E-state index in [-0.39, 0.29) is 35.2 Å². The molecule has 0 aliphatic rings. The van der Waals surface area contributed by atoms with Crippen LogP contribution in [0, 0.1) is 0 Å². The molecule has 0 radical (unpaired) electrons. The van der Waals surface area contributed by atoms with Gasteiger partial charge in [0.05, 0.1) is 18.5 Å². The molecule has 31 heavy (non-hydrogen) atoms. The molecule has 0 aliphatic heterocycles. The number of hydrogen-bond donors (Lipinski definition) is 3. The average Bonchev–Trinajstić information content (AvgIpc) is 2.77. The van der Waals surface area contributed by atoms with Crippen LogP contribution in [0.1, 0.15) is 12.0 Å². The Morgan fingerprint density at radius 1 is 1.03 bits per heavy atom. The lowest BCUT2D eigenvalue weighted by atomic mass is 10.1. The second-order valence-corrected chi connectivity index (χ2v) is 6.54. The Balaban J connectivity index is 0.00000341. The largest absolute Gasteiger partial charge is 1.00 e. The normalized spacial score (nSPS) is 10.7. The van der Waals surface area contributed by atoms with Crippen molar-refractivity contribution in [2.75, 3.05) is 19.0 Å². The molecule has 0 atom stereocenters. The van der Waals surface area contributed by atoms with Crippen molar-refractivity contribution in [3.05, 3.63) is 84.7 Å². The van der Waals surface area contributed by atoms with Crippen molar-refractivity contribution in [2.24, 2.45) is 5.10 Å². The summed E-state index contributed by atoms with van der Waals surface area (Å²) in [7, 11) is 1.62. The number of carbonyl (C=O) groups excluding carboxylic acids is 1. The minimum atomic E-state index is -0.253. The Morgan fingerprint density at radius 2 is 1.74 bits per heavy atom. The number of hydrazone groups is 1. The van der Waals surface area contributed by atoms with Gasteiger partial charge in [0, 0.05) is 30.7 Å². The monoisotopic (exact) mass is 484 g/mol. The molecule has 0 unspecified atom stereocenters. The molecule has 0 bridgehead atoms. The van der Waals surface area contributed by atoms with Crippen LogP contribution in [0.15, 0.2) is 84.2 Å². The van der Waals surface area contributed by atoms with E-state index in [0.29, 0.717) is 24.2 Å². The van der Waals surface area contributed by atoms with Crippen LogP contribution in [-0.4, -0.2) is 30.4 Å². The lowest BCUT2D eigenvalue weighted by molar-refractivity contribution is -0.684. The van der Waals surface area contributed by atoms with E-state index in [1.165, 1.54) is 0 Å². The predicted molar refractivity (Wildman–Crippen MR) is 116 cm³/mol. The SMILES string of the molecule is COc1ccccc1NCC/C(=N/NC(=O)C[n+]1ccccc1)c1ccccc1O.[Br-]. The van der Waals surface area contributed by atoms with Crippen LogP contribution in [0.4, 0.5) is 5.69 Å². The van der Waals surface area contributed by atoms with Crippen molar-refractivity contribution in [3.63, 3.8) is 0 Å². The minimum absolute atomic E-state index is 0. The summed E-state index contributed by atoms with van der Waals surface area (Å²) >= 11 is 0. The van der Waals surface area contributed by atoms with Gasteiger partial charge in [-0.1, -0.05) is 30.3 Å². The summed E-state index contributed by atoms with van der Waals surface area (Å²) in [5.41, 5.74) is 4.60. The van der Waals surface area contributed by atoms with E-state index in [1.807, 2.05) is 60.9 Å². The summed E-state index contributed by atoms with van der Waals surface area (Å²) < 4.78 is 7.11. The minimum Gasteiger partial charge on any atom is -1.00 e. The summed E-state index contributed by atoms with van der Waals surface area (Å²) in [4.78, 5) is 12.3. The molecule has 7 nitrogen and oxygen atoms in total. The molecule has 3 aromatic rings. The van der Waals surface area contributed by atoms with Gasteiger partial charge in [0.25, 0.3) is 0 Å². The number of pyridine rings is 1. The number of halogens is 1. The smallest absolute Gasteiger partial charge is 0.305 e. The zero-order valence-corrected chi connectivity index (χ0v) is 18.7. The van der Waals surface area contributed by atoms with Crippen LogP contribution in [0.2, 0.25) is 0 Å². The number of methoxy groups -OCH3 is 1. The fraction of sp³-hybridized carbons (Fsp3) is 0.174. The van der Waals surface area contributed by atoms with Gasteiger partial charge in [-0.15, -0.1) is 0 Å². The van der Waals surface area contributed by atoms with Gasteiger partial charge >= 0.3 is 5.91 Å². The molecule has 1 aromatic heterocycles. The predicted octanol–water partition coefficient (Wildman–Crippen LogP) is -0.285. The van der Waals surface area contributed by atoms with Gasteiger partial charge in [-0.3, -0.25) is 4.79 Å². The standard InChI is InChI=1S/C23H24N4O3.BrH/c1-30-22-12-6-4-10-20(22)24-14-13-19(18-9-3-5-11-21(18)28)25-26-23(29)17-27-15-7-2-8-16-27;/h2-12,15-16,24H,13-14,17H2,1H3,(H-,25,26,28,29);1H. The molecule has 0 spiro atoms. The molecule has 8 heteroatoms. The van der Waals surface area contributed by atoms with Gasteiger partial charge in [0.15, 0.2) is 12.4 Å². The fourth-order valence-electron chi connectivity index (χ4n) is 2.95.